The standard InChI is InChI=1S/C10H19N3O3/c1-3-16-10(15)8(11)9(14)13-6-4-12(2)5-7-13/h8H,3-7,11H2,1-2H3. The number of likely N-dealkylation sites (N-methyl/N-ethyl adjacent to an activating group) is 1. The molecule has 92 valence electrons. The highest BCUT2D eigenvalue weighted by atomic mass is 16.5. The fourth-order valence-electron chi connectivity index (χ4n) is 1.56. The van der Waals surface area contributed by atoms with Gasteiger partial charge in [0.15, 0.2) is 6.04 Å². The van der Waals surface area contributed by atoms with Crippen molar-refractivity contribution in [2.24, 2.45) is 5.73 Å². The summed E-state index contributed by atoms with van der Waals surface area (Å²) in [6, 6.07) is -1.18. The van der Waals surface area contributed by atoms with Crippen LogP contribution in [0.5, 0.6) is 0 Å². The average Bonchev–Trinajstić information content (AvgIpc) is 2.28. The van der Waals surface area contributed by atoms with E-state index in [-0.39, 0.29) is 12.5 Å². The maximum Gasteiger partial charge on any atom is 0.332 e. The van der Waals surface area contributed by atoms with Crippen molar-refractivity contribution in [2.45, 2.75) is 13.0 Å². The van der Waals surface area contributed by atoms with E-state index in [0.29, 0.717) is 13.1 Å². The number of hydrogen-bond donors (Lipinski definition) is 1. The van der Waals surface area contributed by atoms with Gasteiger partial charge in [-0.1, -0.05) is 0 Å². The Bertz CT molecular complexity index is 262. The van der Waals surface area contributed by atoms with Gasteiger partial charge >= 0.3 is 5.97 Å². The first kappa shape index (κ1) is 12.9. The summed E-state index contributed by atoms with van der Waals surface area (Å²) in [7, 11) is 1.99. The maximum atomic E-state index is 11.8. The van der Waals surface area contributed by atoms with E-state index in [1.807, 2.05) is 7.05 Å². The topological polar surface area (TPSA) is 75.9 Å². The number of carbonyl (C=O) groups excluding carboxylic acids is 2. The van der Waals surface area contributed by atoms with Gasteiger partial charge in [-0.05, 0) is 14.0 Å². The summed E-state index contributed by atoms with van der Waals surface area (Å²) in [5.74, 6) is -0.988. The smallest absolute Gasteiger partial charge is 0.332 e. The van der Waals surface area contributed by atoms with Crippen molar-refractivity contribution < 1.29 is 14.3 Å². The van der Waals surface area contributed by atoms with Gasteiger partial charge in [-0.25, -0.2) is 4.79 Å². The number of ether oxygens (including phenoxy) is 1. The lowest BCUT2D eigenvalue weighted by Gasteiger charge is -2.33. The molecule has 6 heteroatoms. The van der Waals surface area contributed by atoms with Gasteiger partial charge in [-0.15, -0.1) is 0 Å². The minimum Gasteiger partial charge on any atom is -0.464 e. The molecule has 0 aromatic carbocycles. The second-order valence-corrected chi connectivity index (χ2v) is 3.86. The second kappa shape index (κ2) is 5.81. The van der Waals surface area contributed by atoms with Gasteiger partial charge in [-0.2, -0.15) is 0 Å². The Balaban J connectivity index is 2.47. The Morgan fingerprint density at radius 2 is 1.88 bits per heavy atom. The zero-order valence-corrected chi connectivity index (χ0v) is 9.81. The highest BCUT2D eigenvalue weighted by Crippen LogP contribution is 2.02. The summed E-state index contributed by atoms with van der Waals surface area (Å²) < 4.78 is 4.71. The van der Waals surface area contributed by atoms with Crippen LogP contribution in [0.4, 0.5) is 0 Å². The van der Waals surface area contributed by atoms with Crippen LogP contribution in [0.25, 0.3) is 0 Å². The van der Waals surface area contributed by atoms with Crippen LogP contribution < -0.4 is 5.73 Å². The molecule has 2 N–H and O–H groups in total. The van der Waals surface area contributed by atoms with Crippen LogP contribution in [-0.2, 0) is 14.3 Å². The summed E-state index contributed by atoms with van der Waals surface area (Å²) >= 11 is 0. The van der Waals surface area contributed by atoms with Crippen LogP contribution in [0.1, 0.15) is 6.92 Å². The number of piperazine rings is 1. The van der Waals surface area contributed by atoms with Gasteiger partial charge < -0.3 is 20.3 Å². The molecule has 1 aliphatic rings. The Labute approximate surface area is 95.3 Å². The number of esters is 1. The first-order valence-electron chi connectivity index (χ1n) is 5.45. The minimum atomic E-state index is -1.18. The van der Waals surface area contributed by atoms with E-state index in [1.54, 1.807) is 11.8 Å². The summed E-state index contributed by atoms with van der Waals surface area (Å²) in [5, 5.41) is 0. The molecule has 1 aliphatic heterocycles. The van der Waals surface area contributed by atoms with Crippen molar-refractivity contribution in [3.63, 3.8) is 0 Å². The van der Waals surface area contributed by atoms with E-state index < -0.39 is 12.0 Å². The average molecular weight is 229 g/mol. The number of rotatable bonds is 3. The molecule has 0 radical (unpaired) electrons. The van der Waals surface area contributed by atoms with Gasteiger partial charge in [-0.3, -0.25) is 4.79 Å². The fourth-order valence-corrected chi connectivity index (χ4v) is 1.56. The van der Waals surface area contributed by atoms with E-state index in [9.17, 15) is 9.59 Å². The second-order valence-electron chi connectivity index (χ2n) is 3.86. The zero-order valence-electron chi connectivity index (χ0n) is 9.81. The summed E-state index contributed by atoms with van der Waals surface area (Å²) in [6.07, 6.45) is 0. The minimum absolute atomic E-state index is 0.239. The van der Waals surface area contributed by atoms with Crippen LogP contribution in [0, 0.1) is 0 Å². The molecule has 6 nitrogen and oxygen atoms in total. The van der Waals surface area contributed by atoms with Gasteiger partial charge in [0, 0.05) is 26.2 Å². The molecular formula is C10H19N3O3. The molecule has 16 heavy (non-hydrogen) atoms. The number of nitrogens with zero attached hydrogens (tertiary/aromatic N) is 2. The monoisotopic (exact) mass is 229 g/mol. The molecule has 1 atom stereocenters. The lowest BCUT2D eigenvalue weighted by molar-refractivity contribution is -0.151. The molecule has 1 saturated heterocycles. The van der Waals surface area contributed by atoms with Gasteiger partial charge in [0.05, 0.1) is 6.61 Å². The molecule has 1 heterocycles. The highest BCUT2D eigenvalue weighted by molar-refractivity contribution is 6.01. The third-order valence-corrected chi connectivity index (χ3v) is 2.62. The Hall–Kier alpha value is -1.14. The molecule has 0 bridgehead atoms. The molecule has 0 spiro atoms. The van der Waals surface area contributed by atoms with E-state index in [2.05, 4.69) is 4.90 Å². The lowest BCUT2D eigenvalue weighted by Crippen LogP contribution is -2.54. The largest absolute Gasteiger partial charge is 0.464 e. The highest BCUT2D eigenvalue weighted by Gasteiger charge is 2.29. The third-order valence-electron chi connectivity index (χ3n) is 2.62. The van der Waals surface area contributed by atoms with Crippen LogP contribution >= 0.6 is 0 Å². The lowest BCUT2D eigenvalue weighted by atomic mass is 10.2. The SMILES string of the molecule is CCOC(=O)C(N)C(=O)N1CCN(C)CC1. The molecule has 1 amide bonds. The number of nitrogens with two attached hydrogens (primary N) is 1. The molecular weight excluding hydrogens is 210 g/mol. The normalized spacial score (nSPS) is 19.3. The Morgan fingerprint density at radius 3 is 2.38 bits per heavy atom. The summed E-state index contributed by atoms with van der Waals surface area (Å²) in [5.41, 5.74) is 5.53. The first-order chi connectivity index (χ1) is 7.56. The predicted octanol–water partition coefficient (Wildman–Crippen LogP) is -1.35. The van der Waals surface area contributed by atoms with E-state index in [0.717, 1.165) is 13.1 Å². The van der Waals surface area contributed by atoms with Crippen molar-refractivity contribution in [1.29, 1.82) is 0 Å². The predicted molar refractivity (Wildman–Crippen MR) is 58.7 cm³/mol. The maximum absolute atomic E-state index is 11.8. The van der Waals surface area contributed by atoms with Crippen molar-refractivity contribution in [3.05, 3.63) is 0 Å². The van der Waals surface area contributed by atoms with E-state index in [4.69, 9.17) is 10.5 Å². The summed E-state index contributed by atoms with van der Waals surface area (Å²) in [4.78, 5) is 26.8. The van der Waals surface area contributed by atoms with Gasteiger partial charge in [0.1, 0.15) is 0 Å². The third kappa shape index (κ3) is 3.18. The fraction of sp³-hybridized carbons (Fsp3) is 0.800. The number of amides is 1. The first-order valence-corrected chi connectivity index (χ1v) is 5.45. The van der Waals surface area contributed by atoms with Crippen molar-refractivity contribution >= 4 is 11.9 Å². The molecule has 1 unspecified atom stereocenters. The Kier molecular flexibility index (Phi) is 4.70. The van der Waals surface area contributed by atoms with Gasteiger partial charge in [0.25, 0.3) is 5.91 Å². The zero-order chi connectivity index (χ0) is 12.1. The van der Waals surface area contributed by atoms with E-state index in [1.165, 1.54) is 0 Å². The molecule has 0 aliphatic carbocycles. The molecule has 0 saturated carbocycles. The number of hydrogen-bond acceptors (Lipinski definition) is 5. The molecule has 0 aromatic heterocycles. The van der Waals surface area contributed by atoms with Crippen LogP contribution in [0.3, 0.4) is 0 Å². The molecule has 0 aromatic rings. The van der Waals surface area contributed by atoms with Gasteiger partial charge in [0.2, 0.25) is 0 Å². The molecule has 1 rings (SSSR count). The summed E-state index contributed by atoms with van der Waals surface area (Å²) in [6.45, 7) is 4.76. The quantitative estimate of drug-likeness (QED) is 0.478. The van der Waals surface area contributed by atoms with Crippen LogP contribution in [0.2, 0.25) is 0 Å². The number of carbonyl (C=O) groups is 2. The van der Waals surface area contributed by atoms with Crippen molar-refractivity contribution in [1.82, 2.24) is 9.80 Å². The molecule has 1 fully saturated rings. The van der Waals surface area contributed by atoms with Crippen LogP contribution in [-0.4, -0.2) is 67.6 Å². The van der Waals surface area contributed by atoms with E-state index >= 15 is 0 Å². The Morgan fingerprint density at radius 1 is 1.31 bits per heavy atom. The van der Waals surface area contributed by atoms with Crippen molar-refractivity contribution in [3.8, 4) is 0 Å². The van der Waals surface area contributed by atoms with Crippen LogP contribution in [0.15, 0.2) is 0 Å². The van der Waals surface area contributed by atoms with Crippen molar-refractivity contribution in [2.75, 3.05) is 39.8 Å².